The second kappa shape index (κ2) is 5.81. The highest BCUT2D eigenvalue weighted by atomic mass is 32.1. The van der Waals surface area contributed by atoms with Crippen molar-refractivity contribution in [3.05, 3.63) is 46.4 Å². The molecule has 1 saturated heterocycles. The second-order valence-electron chi connectivity index (χ2n) is 5.21. The van der Waals surface area contributed by atoms with Crippen LogP contribution in [0.15, 0.2) is 35.8 Å². The van der Waals surface area contributed by atoms with Gasteiger partial charge in [-0.25, -0.2) is 0 Å². The normalized spacial score (nSPS) is 19.2. The van der Waals surface area contributed by atoms with E-state index in [-0.39, 0.29) is 5.91 Å². The van der Waals surface area contributed by atoms with Crippen LogP contribution in [0.25, 0.3) is 0 Å². The van der Waals surface area contributed by atoms with E-state index in [4.69, 9.17) is 0 Å². The van der Waals surface area contributed by atoms with Gasteiger partial charge in [0, 0.05) is 36.8 Å². The van der Waals surface area contributed by atoms with Crippen molar-refractivity contribution >= 4 is 17.2 Å². The standard InChI is InChI=1S/C15H19N3OS/c1-12-10-18(8-6-16-12)15(19)14-5-2-7-17(14)11-13-4-3-9-20-13/h2-5,7,9,12,16H,6,8,10-11H2,1H3. The molecule has 1 atom stereocenters. The maximum Gasteiger partial charge on any atom is 0.270 e. The van der Waals surface area contributed by atoms with E-state index in [0.717, 1.165) is 31.9 Å². The Balaban J connectivity index is 1.76. The topological polar surface area (TPSA) is 37.3 Å². The molecule has 1 fully saturated rings. The van der Waals surface area contributed by atoms with Crippen molar-refractivity contribution in [2.24, 2.45) is 0 Å². The quantitative estimate of drug-likeness (QED) is 0.939. The van der Waals surface area contributed by atoms with Gasteiger partial charge in [0.05, 0.1) is 6.54 Å². The van der Waals surface area contributed by atoms with Crippen LogP contribution in [-0.4, -0.2) is 41.1 Å². The highest BCUT2D eigenvalue weighted by Crippen LogP contribution is 2.15. The fraction of sp³-hybridized carbons (Fsp3) is 0.400. The van der Waals surface area contributed by atoms with Gasteiger partial charge in [0.1, 0.15) is 5.69 Å². The van der Waals surface area contributed by atoms with Crippen LogP contribution in [0, 0.1) is 0 Å². The molecule has 4 nitrogen and oxygen atoms in total. The zero-order valence-corrected chi connectivity index (χ0v) is 12.4. The Labute approximate surface area is 123 Å². The molecule has 1 unspecified atom stereocenters. The van der Waals surface area contributed by atoms with Gasteiger partial charge in [-0.1, -0.05) is 6.07 Å². The molecule has 20 heavy (non-hydrogen) atoms. The molecule has 1 amide bonds. The average molecular weight is 289 g/mol. The molecule has 5 heteroatoms. The molecule has 0 radical (unpaired) electrons. The van der Waals surface area contributed by atoms with Crippen LogP contribution in [0.3, 0.4) is 0 Å². The monoisotopic (exact) mass is 289 g/mol. The average Bonchev–Trinajstić information content (AvgIpc) is 3.10. The van der Waals surface area contributed by atoms with Crippen LogP contribution in [0.1, 0.15) is 22.3 Å². The molecule has 3 rings (SSSR count). The lowest BCUT2D eigenvalue weighted by Crippen LogP contribution is -2.51. The number of nitrogens with one attached hydrogen (secondary N) is 1. The van der Waals surface area contributed by atoms with Gasteiger partial charge < -0.3 is 14.8 Å². The summed E-state index contributed by atoms with van der Waals surface area (Å²) in [7, 11) is 0. The van der Waals surface area contributed by atoms with E-state index in [1.807, 2.05) is 33.9 Å². The molecule has 1 aliphatic rings. The van der Waals surface area contributed by atoms with Crippen LogP contribution >= 0.6 is 11.3 Å². The van der Waals surface area contributed by atoms with Crippen LogP contribution in [0.4, 0.5) is 0 Å². The summed E-state index contributed by atoms with van der Waals surface area (Å²) in [5.41, 5.74) is 0.785. The molecule has 2 aromatic rings. The number of rotatable bonds is 3. The number of carbonyl (C=O) groups excluding carboxylic acids is 1. The van der Waals surface area contributed by atoms with Crippen LogP contribution < -0.4 is 5.32 Å². The first kappa shape index (κ1) is 13.4. The summed E-state index contributed by atoms with van der Waals surface area (Å²) in [6.07, 6.45) is 1.98. The zero-order chi connectivity index (χ0) is 13.9. The van der Waals surface area contributed by atoms with Crippen LogP contribution in [0.5, 0.6) is 0 Å². The molecule has 0 aromatic carbocycles. The Morgan fingerprint density at radius 1 is 1.45 bits per heavy atom. The van der Waals surface area contributed by atoms with Crippen molar-refractivity contribution < 1.29 is 4.79 Å². The Kier molecular flexibility index (Phi) is 3.89. The maximum atomic E-state index is 12.6. The summed E-state index contributed by atoms with van der Waals surface area (Å²) in [5.74, 6) is 0.139. The van der Waals surface area contributed by atoms with Crippen molar-refractivity contribution in [1.82, 2.24) is 14.8 Å². The van der Waals surface area contributed by atoms with E-state index in [0.29, 0.717) is 6.04 Å². The molecule has 2 aromatic heterocycles. The number of aromatic nitrogens is 1. The third-order valence-corrected chi connectivity index (χ3v) is 4.47. The summed E-state index contributed by atoms with van der Waals surface area (Å²) in [6.45, 7) is 5.33. The van der Waals surface area contributed by atoms with Gasteiger partial charge in [-0.3, -0.25) is 4.79 Å². The minimum atomic E-state index is 0.139. The Morgan fingerprint density at radius 2 is 2.35 bits per heavy atom. The predicted octanol–water partition coefficient (Wildman–Crippen LogP) is 2.03. The number of piperazine rings is 1. The van der Waals surface area contributed by atoms with Gasteiger partial charge in [0.25, 0.3) is 5.91 Å². The lowest BCUT2D eigenvalue weighted by molar-refractivity contribution is 0.0698. The zero-order valence-electron chi connectivity index (χ0n) is 11.6. The van der Waals surface area contributed by atoms with Crippen molar-refractivity contribution in [2.75, 3.05) is 19.6 Å². The summed E-state index contributed by atoms with van der Waals surface area (Å²) >= 11 is 1.72. The maximum absolute atomic E-state index is 12.6. The van der Waals surface area contributed by atoms with E-state index in [1.165, 1.54) is 4.88 Å². The van der Waals surface area contributed by atoms with Crippen molar-refractivity contribution in [2.45, 2.75) is 19.5 Å². The fourth-order valence-electron chi connectivity index (χ4n) is 2.60. The molecule has 1 N–H and O–H groups in total. The van der Waals surface area contributed by atoms with Gasteiger partial charge in [0.15, 0.2) is 0 Å². The van der Waals surface area contributed by atoms with E-state index < -0.39 is 0 Å². The number of amides is 1. The number of thiophene rings is 1. The SMILES string of the molecule is CC1CN(C(=O)c2cccn2Cc2cccs2)CCN1. The van der Waals surface area contributed by atoms with Gasteiger partial charge in [0.2, 0.25) is 0 Å². The van der Waals surface area contributed by atoms with E-state index in [9.17, 15) is 4.79 Å². The molecular weight excluding hydrogens is 270 g/mol. The van der Waals surface area contributed by atoms with E-state index in [2.05, 4.69) is 23.7 Å². The number of hydrogen-bond donors (Lipinski definition) is 1. The summed E-state index contributed by atoms with van der Waals surface area (Å²) in [4.78, 5) is 15.8. The van der Waals surface area contributed by atoms with Crippen molar-refractivity contribution in [3.63, 3.8) is 0 Å². The van der Waals surface area contributed by atoms with Crippen LogP contribution in [0.2, 0.25) is 0 Å². The Hall–Kier alpha value is -1.59. The summed E-state index contributed by atoms with van der Waals surface area (Å²) in [6, 6.07) is 8.39. The van der Waals surface area contributed by atoms with E-state index >= 15 is 0 Å². The molecule has 106 valence electrons. The highest BCUT2D eigenvalue weighted by molar-refractivity contribution is 7.09. The Bertz CT molecular complexity index is 576. The van der Waals surface area contributed by atoms with Gasteiger partial charge in [-0.2, -0.15) is 0 Å². The fourth-order valence-corrected chi connectivity index (χ4v) is 3.30. The summed E-state index contributed by atoms with van der Waals surface area (Å²) in [5, 5.41) is 5.43. The number of hydrogen-bond acceptors (Lipinski definition) is 3. The number of nitrogens with zero attached hydrogens (tertiary/aromatic N) is 2. The first-order chi connectivity index (χ1) is 9.74. The molecule has 1 aliphatic heterocycles. The lowest BCUT2D eigenvalue weighted by atomic mass is 10.2. The van der Waals surface area contributed by atoms with E-state index in [1.54, 1.807) is 11.3 Å². The largest absolute Gasteiger partial charge is 0.338 e. The number of carbonyl (C=O) groups is 1. The first-order valence-corrected chi connectivity index (χ1v) is 7.82. The lowest BCUT2D eigenvalue weighted by Gasteiger charge is -2.32. The molecule has 3 heterocycles. The molecule has 0 spiro atoms. The van der Waals surface area contributed by atoms with Gasteiger partial charge in [-0.15, -0.1) is 11.3 Å². The summed E-state index contributed by atoms with van der Waals surface area (Å²) < 4.78 is 2.04. The first-order valence-electron chi connectivity index (χ1n) is 6.94. The minimum absolute atomic E-state index is 0.139. The smallest absolute Gasteiger partial charge is 0.270 e. The Morgan fingerprint density at radius 3 is 3.10 bits per heavy atom. The second-order valence-corrected chi connectivity index (χ2v) is 6.24. The van der Waals surface area contributed by atoms with Gasteiger partial charge >= 0.3 is 0 Å². The molecule has 0 aliphatic carbocycles. The predicted molar refractivity (Wildman–Crippen MR) is 81.2 cm³/mol. The van der Waals surface area contributed by atoms with Gasteiger partial charge in [-0.05, 0) is 30.5 Å². The van der Waals surface area contributed by atoms with Crippen molar-refractivity contribution in [3.8, 4) is 0 Å². The minimum Gasteiger partial charge on any atom is -0.338 e. The third kappa shape index (κ3) is 2.78. The van der Waals surface area contributed by atoms with Crippen molar-refractivity contribution in [1.29, 1.82) is 0 Å². The third-order valence-electron chi connectivity index (χ3n) is 3.61. The highest BCUT2D eigenvalue weighted by Gasteiger charge is 2.23. The molecular formula is C15H19N3OS. The molecule has 0 bridgehead atoms. The molecule has 0 saturated carbocycles. The van der Waals surface area contributed by atoms with Crippen LogP contribution in [-0.2, 0) is 6.54 Å².